The number of amides is 1. The van der Waals surface area contributed by atoms with Gasteiger partial charge in [-0.3, -0.25) is 10.1 Å². The molecule has 0 saturated carbocycles. The van der Waals surface area contributed by atoms with Crippen molar-refractivity contribution in [2.75, 3.05) is 12.4 Å². The van der Waals surface area contributed by atoms with Crippen LogP contribution in [0.4, 0.5) is 27.1 Å². The van der Waals surface area contributed by atoms with Crippen molar-refractivity contribution in [1.29, 1.82) is 0 Å². The molecule has 1 N–H and O–H groups in total. The second-order valence-corrected chi connectivity index (χ2v) is 5.78. The maximum Gasteiger partial charge on any atom is 0.263 e. The van der Waals surface area contributed by atoms with Crippen molar-refractivity contribution in [3.63, 3.8) is 0 Å². The third-order valence-electron chi connectivity index (χ3n) is 3.23. The highest BCUT2D eigenvalue weighted by Crippen LogP contribution is 2.31. The quantitative estimate of drug-likeness (QED) is 0.551. The summed E-state index contributed by atoms with van der Waals surface area (Å²) >= 11 is 0.822. The zero-order valence-corrected chi connectivity index (χ0v) is 13.1. The molecule has 0 radical (unpaired) electrons. The van der Waals surface area contributed by atoms with E-state index in [1.807, 2.05) is 5.32 Å². The molecule has 0 spiro atoms. The summed E-state index contributed by atoms with van der Waals surface area (Å²) in [5, 5.41) is 1.91. The third kappa shape index (κ3) is 2.88. The Balaban J connectivity index is 2.00. The van der Waals surface area contributed by atoms with Crippen molar-refractivity contribution in [3.8, 4) is 5.75 Å². The van der Waals surface area contributed by atoms with Crippen molar-refractivity contribution in [3.05, 3.63) is 52.8 Å². The summed E-state index contributed by atoms with van der Waals surface area (Å²) in [6.07, 6.45) is 0. The Hall–Kier alpha value is -2.75. The molecule has 0 aliphatic heterocycles. The normalized spacial score (nSPS) is 11.0. The first-order valence-corrected chi connectivity index (χ1v) is 7.42. The topological polar surface area (TPSA) is 51.2 Å². The number of anilines is 1. The van der Waals surface area contributed by atoms with Crippen LogP contribution in [0, 0.1) is 29.1 Å². The fourth-order valence-electron chi connectivity index (χ4n) is 2.10. The molecule has 10 heteroatoms. The number of nitrogens with zero attached hydrogens (tertiary/aromatic N) is 1. The van der Waals surface area contributed by atoms with E-state index in [-0.39, 0.29) is 5.13 Å². The maximum absolute atomic E-state index is 13.9. The molecule has 3 rings (SSSR count). The van der Waals surface area contributed by atoms with E-state index in [2.05, 4.69) is 9.72 Å². The van der Waals surface area contributed by atoms with Gasteiger partial charge in [-0.05, 0) is 18.2 Å². The summed E-state index contributed by atoms with van der Waals surface area (Å²) in [7, 11) is 0.820. The van der Waals surface area contributed by atoms with Crippen LogP contribution in [-0.4, -0.2) is 18.0 Å². The van der Waals surface area contributed by atoms with E-state index in [9.17, 15) is 26.7 Å². The summed E-state index contributed by atoms with van der Waals surface area (Å²) in [4.78, 5) is 16.0. The number of methoxy groups -OCH3 is 1. The Morgan fingerprint density at radius 1 is 1.08 bits per heavy atom. The number of carbonyl (C=O) groups excluding carboxylic acids is 1. The minimum Gasteiger partial charge on any atom is -0.491 e. The minimum atomic E-state index is -1.90. The van der Waals surface area contributed by atoms with E-state index in [0.29, 0.717) is 10.2 Å². The number of hydrogen-bond acceptors (Lipinski definition) is 4. The molecule has 0 aliphatic rings. The zero-order valence-electron chi connectivity index (χ0n) is 12.3. The van der Waals surface area contributed by atoms with Gasteiger partial charge in [-0.1, -0.05) is 11.3 Å². The number of rotatable bonds is 3. The van der Waals surface area contributed by atoms with Gasteiger partial charge in [0, 0.05) is 0 Å². The first kappa shape index (κ1) is 17.1. The van der Waals surface area contributed by atoms with Gasteiger partial charge in [-0.15, -0.1) is 0 Å². The van der Waals surface area contributed by atoms with Crippen LogP contribution in [0.2, 0.25) is 0 Å². The molecule has 130 valence electrons. The summed E-state index contributed by atoms with van der Waals surface area (Å²) in [6.45, 7) is 0. The van der Waals surface area contributed by atoms with Gasteiger partial charge in [0.2, 0.25) is 11.6 Å². The summed E-state index contributed by atoms with van der Waals surface area (Å²) in [5.74, 6) is -10.7. The lowest BCUT2D eigenvalue weighted by molar-refractivity contribution is 0.101. The van der Waals surface area contributed by atoms with Crippen LogP contribution >= 0.6 is 11.3 Å². The lowest BCUT2D eigenvalue weighted by Crippen LogP contribution is -2.18. The molecule has 25 heavy (non-hydrogen) atoms. The molecule has 4 nitrogen and oxygen atoms in total. The van der Waals surface area contributed by atoms with Gasteiger partial charge in [0.15, 0.2) is 22.5 Å². The fourth-order valence-corrected chi connectivity index (χ4v) is 2.99. The number of carbonyl (C=O) groups is 1. The van der Waals surface area contributed by atoms with Crippen LogP contribution in [0.15, 0.2) is 18.2 Å². The second kappa shape index (κ2) is 6.28. The molecule has 0 aliphatic carbocycles. The molecule has 0 bridgehead atoms. The molecule has 0 unspecified atom stereocenters. The number of hydrogen-bond donors (Lipinski definition) is 1. The number of fused-ring (bicyclic) bond motifs is 1. The van der Waals surface area contributed by atoms with Gasteiger partial charge >= 0.3 is 0 Å². The predicted molar refractivity (Wildman–Crippen MR) is 80.4 cm³/mol. The van der Waals surface area contributed by atoms with Crippen molar-refractivity contribution < 1.29 is 31.5 Å². The molecule has 1 heterocycles. The molecule has 0 saturated heterocycles. The SMILES string of the molecule is COc1c(F)c(F)c(C(=O)Nc2nc3ccc(F)cc3s2)c(F)c1F. The van der Waals surface area contributed by atoms with Crippen LogP contribution in [0.1, 0.15) is 10.4 Å². The van der Waals surface area contributed by atoms with Gasteiger partial charge < -0.3 is 4.74 Å². The van der Waals surface area contributed by atoms with Gasteiger partial charge in [0.05, 0.1) is 17.3 Å². The molecular formula is C15H7F5N2O2S. The number of nitrogens with one attached hydrogen (secondary N) is 1. The van der Waals surface area contributed by atoms with E-state index in [4.69, 9.17) is 0 Å². The van der Waals surface area contributed by atoms with E-state index in [0.717, 1.165) is 30.6 Å². The smallest absolute Gasteiger partial charge is 0.263 e. The monoisotopic (exact) mass is 374 g/mol. The Kier molecular flexibility index (Phi) is 4.29. The van der Waals surface area contributed by atoms with Crippen molar-refractivity contribution >= 4 is 32.6 Å². The van der Waals surface area contributed by atoms with Crippen molar-refractivity contribution in [1.82, 2.24) is 4.98 Å². The second-order valence-electron chi connectivity index (χ2n) is 4.75. The molecule has 0 atom stereocenters. The van der Waals surface area contributed by atoms with Crippen LogP contribution in [0.3, 0.4) is 0 Å². The van der Waals surface area contributed by atoms with E-state index < -0.39 is 46.3 Å². The number of benzene rings is 2. The average Bonchev–Trinajstić information content (AvgIpc) is 2.95. The van der Waals surface area contributed by atoms with Crippen LogP contribution < -0.4 is 10.1 Å². The Morgan fingerprint density at radius 2 is 1.72 bits per heavy atom. The zero-order chi connectivity index (χ0) is 18.3. The Labute approximate surface area is 140 Å². The number of aromatic nitrogens is 1. The van der Waals surface area contributed by atoms with E-state index >= 15 is 0 Å². The summed E-state index contributed by atoms with van der Waals surface area (Å²) in [6, 6.07) is 3.63. The maximum atomic E-state index is 13.9. The third-order valence-corrected chi connectivity index (χ3v) is 4.16. The first-order valence-electron chi connectivity index (χ1n) is 6.60. The largest absolute Gasteiger partial charge is 0.491 e. The molecule has 1 aromatic heterocycles. The van der Waals surface area contributed by atoms with E-state index in [1.54, 1.807) is 0 Å². The fraction of sp³-hybridized carbons (Fsp3) is 0.0667. The highest BCUT2D eigenvalue weighted by molar-refractivity contribution is 7.22. The number of halogens is 5. The highest BCUT2D eigenvalue weighted by atomic mass is 32.1. The average molecular weight is 374 g/mol. The lowest BCUT2D eigenvalue weighted by Gasteiger charge is -2.10. The highest BCUT2D eigenvalue weighted by Gasteiger charge is 2.30. The van der Waals surface area contributed by atoms with Crippen LogP contribution in [-0.2, 0) is 0 Å². The van der Waals surface area contributed by atoms with Gasteiger partial charge in [0.25, 0.3) is 5.91 Å². The Morgan fingerprint density at radius 3 is 2.32 bits per heavy atom. The standard InChI is InChI=1S/C15H7F5N2O2S/c1-24-13-11(19)9(17)8(10(18)12(13)20)14(23)22-15-21-6-3-2-5(16)4-7(6)25-15/h2-4H,1H3,(H,21,22,23). The summed E-state index contributed by atoms with van der Waals surface area (Å²) < 4.78 is 72.9. The van der Waals surface area contributed by atoms with E-state index in [1.165, 1.54) is 6.07 Å². The summed E-state index contributed by atoms with van der Waals surface area (Å²) in [5.41, 5.74) is -1.13. The van der Waals surface area contributed by atoms with Gasteiger partial charge in [-0.2, -0.15) is 8.78 Å². The minimum absolute atomic E-state index is 0.124. The number of ether oxygens (including phenoxy) is 1. The molecule has 3 aromatic rings. The number of thiazole rings is 1. The lowest BCUT2D eigenvalue weighted by atomic mass is 10.1. The van der Waals surface area contributed by atoms with Crippen LogP contribution in [0.25, 0.3) is 10.2 Å². The molecule has 0 fully saturated rings. The van der Waals surface area contributed by atoms with Crippen molar-refractivity contribution in [2.45, 2.75) is 0 Å². The molecule has 1 amide bonds. The molecular weight excluding hydrogens is 367 g/mol. The van der Waals surface area contributed by atoms with Crippen LogP contribution in [0.5, 0.6) is 5.75 Å². The van der Waals surface area contributed by atoms with Crippen molar-refractivity contribution in [2.24, 2.45) is 0 Å². The predicted octanol–water partition coefficient (Wildman–Crippen LogP) is 4.25. The first-order chi connectivity index (χ1) is 11.8. The van der Waals surface area contributed by atoms with Gasteiger partial charge in [0.1, 0.15) is 11.4 Å². The Bertz CT molecular complexity index is 976. The molecule has 2 aromatic carbocycles. The van der Waals surface area contributed by atoms with Gasteiger partial charge in [-0.25, -0.2) is 18.2 Å².